The van der Waals surface area contributed by atoms with Gasteiger partial charge in [-0.2, -0.15) is 20.4 Å². The number of likely N-dealkylation sites (tertiary alicyclic amines) is 1. The summed E-state index contributed by atoms with van der Waals surface area (Å²) in [7, 11) is 7.24. The van der Waals surface area contributed by atoms with E-state index >= 15 is 0 Å². The Bertz CT molecular complexity index is 7190. The number of halogens is 4. The SMILES string of the molecule is Cn1ccc(-c2nc(N)c(C(=O)NCC3CCCC3)nc2-c2cc(Cl)c3ncccc3c2)n1.Cn1ccc(-c2nc(N)c(C(=O)NCC3CCCCC3)nc2-c2cc(Cl)c3ncccc3c2)n1.Cn1ccc(-c2nc(N)c(C(=O)NCC3CNC(=O)C3)nc2-c2cc(Cl)c3ncccc3c2)n1.Cn1ccc(-c2nc(N)c(C(=O)NCN3CC(O)C3)nc2-c2cc(Cl)c3ncccc3c2)n1. The summed E-state index contributed by atoms with van der Waals surface area (Å²) in [6.07, 6.45) is 24.6. The molecule has 0 bridgehead atoms. The molecule has 134 heavy (non-hydrogen) atoms. The number of amides is 5. The van der Waals surface area contributed by atoms with Gasteiger partial charge in [0.25, 0.3) is 23.6 Å². The fourth-order valence-electron chi connectivity index (χ4n) is 16.6. The lowest BCUT2D eigenvalue weighted by atomic mass is 9.89. The van der Waals surface area contributed by atoms with Crippen molar-refractivity contribution in [2.75, 3.05) is 68.9 Å². The molecular formula is C94H92Cl4N30O6. The maximum atomic E-state index is 13.1. The largest absolute Gasteiger partial charge is 0.390 e. The van der Waals surface area contributed by atoms with Crippen LogP contribution in [0.4, 0.5) is 23.3 Å². The van der Waals surface area contributed by atoms with Crippen molar-refractivity contribution >= 4 is 143 Å². The van der Waals surface area contributed by atoms with Gasteiger partial charge in [-0.25, -0.2) is 39.9 Å². The van der Waals surface area contributed by atoms with Crippen LogP contribution in [0.5, 0.6) is 0 Å². The molecule has 36 nitrogen and oxygen atoms in total. The summed E-state index contributed by atoms with van der Waals surface area (Å²) in [5.74, 6) is -0.468. The lowest BCUT2D eigenvalue weighted by Gasteiger charge is -2.35. The molecule has 2 saturated carbocycles. The molecule has 2 saturated heterocycles. The van der Waals surface area contributed by atoms with Gasteiger partial charge in [0, 0.05) is 173 Å². The second-order valence-corrected chi connectivity index (χ2v) is 34.9. The highest BCUT2D eigenvalue weighted by Gasteiger charge is 2.32. The highest BCUT2D eigenvalue weighted by Crippen LogP contribution is 2.41. The van der Waals surface area contributed by atoms with Gasteiger partial charge in [0.2, 0.25) is 5.91 Å². The van der Waals surface area contributed by atoms with Gasteiger partial charge in [0.05, 0.1) is 77.7 Å². The summed E-state index contributed by atoms with van der Waals surface area (Å²) in [5.41, 5.74) is 36.4. The fourth-order valence-corrected chi connectivity index (χ4v) is 17.7. The standard InChI is InChI=1S/C25H26ClN7O.C24H24ClN7O.C23H21ClN8O2.C22H21ClN8O2/c1-33-11-9-19(32-33)22-21(17-12-16-8-5-10-28-20(16)18(26)13-17)30-23(24(27)31-22)25(34)29-14-15-6-3-2-4-7-15;1-32-10-8-18(31-32)21-20(16-11-15-7-4-9-27-19(15)17(25)12-16)29-22(23(26)30-21)24(33)28-13-14-5-2-3-6-14;1-32-6-4-16(31-32)20-19(14-8-13-3-2-5-26-18(13)15(24)9-14)29-21(22(25)30-20)23(34)28-11-12-7-17(33)27-10-12;1-30-6-4-16(29-30)19-18(13-7-12-3-2-5-25-17(12)15(23)8-13)27-20(21(24)28-19)22(33)26-11-31-9-14(32)10-31/h5,8-13,15H,2-4,6-7,14H2,1H3,(H2,27,31)(H,29,34);4,7-12,14H,2-3,5-6,13H2,1H3,(H2,26,30)(H,28,33);2-6,8-9,12H,7,10-11H2,1H3,(H2,25,30)(H,27,33)(H,28,34);2-8,14,32H,9-11H2,1H3,(H2,24,28)(H,26,33). The normalized spacial score (nSPS) is 14.6. The Labute approximate surface area is 786 Å². The zero-order valence-corrected chi connectivity index (χ0v) is 76.2. The summed E-state index contributed by atoms with van der Waals surface area (Å²) in [5, 5.41) is 46.8. The number of aliphatic hydroxyl groups excluding tert-OH is 1. The number of hydrogen-bond acceptors (Lipinski definition) is 27. The van der Waals surface area contributed by atoms with Gasteiger partial charge in [-0.15, -0.1) is 0 Å². The monoisotopic (exact) mass is 1880 g/mol. The Kier molecular flexibility index (Phi) is 27.3. The van der Waals surface area contributed by atoms with E-state index in [9.17, 15) is 29.1 Å². The molecule has 14 N–H and O–H groups in total. The number of nitrogens with one attached hydrogen (secondary N) is 5. The quantitative estimate of drug-likeness (QED) is 0.0339. The topological polar surface area (TPSA) is 499 Å². The van der Waals surface area contributed by atoms with Crippen LogP contribution in [-0.2, 0) is 33.0 Å². The molecule has 1 unspecified atom stereocenters. The second kappa shape index (κ2) is 40.2. The van der Waals surface area contributed by atoms with Crippen molar-refractivity contribution in [2.24, 2.45) is 45.9 Å². The van der Waals surface area contributed by atoms with Crippen LogP contribution >= 0.6 is 46.4 Å². The minimum absolute atomic E-state index is 0.00521. The van der Waals surface area contributed by atoms with Crippen LogP contribution in [0.15, 0.2) is 171 Å². The van der Waals surface area contributed by atoms with Gasteiger partial charge >= 0.3 is 0 Å². The molecule has 14 heterocycles. The van der Waals surface area contributed by atoms with E-state index in [2.05, 4.69) is 96.8 Å². The molecule has 20 rings (SSSR count). The Morgan fingerprint density at radius 2 is 0.672 bits per heavy atom. The molecular weight excluding hydrogens is 1790 g/mol. The van der Waals surface area contributed by atoms with Crippen LogP contribution in [0, 0.1) is 17.8 Å². The zero-order valence-electron chi connectivity index (χ0n) is 73.2. The van der Waals surface area contributed by atoms with Crippen molar-refractivity contribution in [1.29, 1.82) is 0 Å². The number of benzene rings is 4. The lowest BCUT2D eigenvalue weighted by Crippen LogP contribution is -2.54. The van der Waals surface area contributed by atoms with E-state index in [-0.39, 0.29) is 82.5 Å². The first-order chi connectivity index (χ1) is 64.8. The van der Waals surface area contributed by atoms with E-state index in [1.165, 1.54) is 32.1 Å². The van der Waals surface area contributed by atoms with Gasteiger partial charge in [0.15, 0.2) is 46.0 Å². The highest BCUT2D eigenvalue weighted by atomic mass is 35.5. The maximum Gasteiger partial charge on any atom is 0.274 e. The molecule has 1 atom stereocenters. The molecule has 2 aliphatic heterocycles. The molecule has 0 radical (unpaired) electrons. The summed E-state index contributed by atoms with van der Waals surface area (Å²) in [4.78, 5) is 119. The Morgan fingerprint density at radius 1 is 0.388 bits per heavy atom. The summed E-state index contributed by atoms with van der Waals surface area (Å²) in [6.45, 7) is 3.37. The molecule has 4 aliphatic rings. The Balaban J connectivity index is 0.000000124. The number of fused-ring (bicyclic) bond motifs is 4. The first kappa shape index (κ1) is 91.2. The third-order valence-corrected chi connectivity index (χ3v) is 24.6. The van der Waals surface area contributed by atoms with Crippen molar-refractivity contribution in [2.45, 2.75) is 70.3 Å². The molecule has 16 aromatic rings. The average molecular weight is 1880 g/mol. The average Bonchev–Trinajstić information content (AvgIpc) is 1.37. The molecule has 682 valence electrons. The van der Waals surface area contributed by atoms with E-state index in [1.807, 2.05) is 116 Å². The number of carbonyl (C=O) groups is 5. The van der Waals surface area contributed by atoms with E-state index in [1.54, 1.807) is 106 Å². The van der Waals surface area contributed by atoms with Gasteiger partial charge in [0.1, 0.15) is 45.6 Å². The molecule has 12 aromatic heterocycles. The smallest absolute Gasteiger partial charge is 0.274 e. The Morgan fingerprint density at radius 3 is 0.940 bits per heavy atom. The third kappa shape index (κ3) is 20.6. The van der Waals surface area contributed by atoms with Gasteiger partial charge < -0.3 is 54.6 Å². The molecule has 0 spiro atoms. The summed E-state index contributed by atoms with van der Waals surface area (Å²) < 4.78 is 6.65. The number of nitrogen functional groups attached to an aromatic ring is 4. The predicted octanol–water partition coefficient (Wildman–Crippen LogP) is 12.8. The number of hydrogen-bond donors (Lipinski definition) is 10. The number of rotatable bonds is 20. The van der Waals surface area contributed by atoms with Gasteiger partial charge in [-0.1, -0.05) is 103 Å². The van der Waals surface area contributed by atoms with Gasteiger partial charge in [-0.05, 0) is 135 Å². The third-order valence-electron chi connectivity index (χ3n) is 23.4. The van der Waals surface area contributed by atoms with Crippen LogP contribution in [0.2, 0.25) is 20.1 Å². The Hall–Kier alpha value is -14.7. The first-order valence-electron chi connectivity index (χ1n) is 43.4. The van der Waals surface area contributed by atoms with E-state index in [0.29, 0.717) is 190 Å². The van der Waals surface area contributed by atoms with E-state index < -0.39 is 11.8 Å². The molecule has 2 aliphatic carbocycles. The van der Waals surface area contributed by atoms with Crippen molar-refractivity contribution < 1.29 is 29.1 Å². The number of nitrogens with two attached hydrogens (primary N) is 4. The van der Waals surface area contributed by atoms with E-state index in [4.69, 9.17) is 79.3 Å². The number of aryl methyl sites for hydroxylation is 4. The number of pyridine rings is 4. The van der Waals surface area contributed by atoms with Crippen LogP contribution in [-0.4, -0.2) is 191 Å². The number of aliphatic hydroxyl groups is 1. The minimum Gasteiger partial charge on any atom is -0.390 e. The number of nitrogens with zero attached hydrogens (tertiary/aromatic N) is 21. The minimum atomic E-state index is -0.466. The number of β-amino-alcohol motifs (C(OH)–C–C–N with tert-alkyl or cyclic N) is 1. The summed E-state index contributed by atoms with van der Waals surface area (Å²) in [6, 6.07) is 36.9. The summed E-state index contributed by atoms with van der Waals surface area (Å²) >= 11 is 26.1. The van der Waals surface area contributed by atoms with Crippen LogP contribution in [0.25, 0.3) is 134 Å². The lowest BCUT2D eigenvalue weighted by molar-refractivity contribution is -0.119. The molecule has 4 aromatic carbocycles. The van der Waals surface area contributed by atoms with Crippen molar-refractivity contribution in [3.8, 4) is 90.6 Å². The van der Waals surface area contributed by atoms with Crippen LogP contribution in [0.3, 0.4) is 0 Å². The van der Waals surface area contributed by atoms with Crippen LogP contribution < -0.4 is 49.5 Å². The fraction of sp³-hybridized carbons (Fsp3) is 0.266. The molecule has 5 amide bonds. The van der Waals surface area contributed by atoms with Crippen molar-refractivity contribution in [3.05, 3.63) is 214 Å². The van der Waals surface area contributed by atoms with Gasteiger partial charge in [-0.3, -0.25) is 67.5 Å². The zero-order chi connectivity index (χ0) is 93.5. The number of aromatic nitrogens is 20. The predicted molar refractivity (Wildman–Crippen MR) is 514 cm³/mol. The molecule has 40 heteroatoms. The van der Waals surface area contributed by atoms with Crippen LogP contribution in [0.1, 0.15) is 106 Å². The maximum absolute atomic E-state index is 13.1. The highest BCUT2D eigenvalue weighted by molar-refractivity contribution is 6.37. The van der Waals surface area contributed by atoms with Crippen molar-refractivity contribution in [3.63, 3.8) is 0 Å². The first-order valence-corrected chi connectivity index (χ1v) is 45.0. The number of anilines is 4. The second-order valence-electron chi connectivity index (χ2n) is 33.3. The van der Waals surface area contributed by atoms with Crippen molar-refractivity contribution in [1.82, 2.24) is 130 Å². The van der Waals surface area contributed by atoms with E-state index in [0.717, 1.165) is 47.2 Å². The number of carbonyl (C=O) groups excluding carboxylic acids is 5. The molecule has 4 fully saturated rings.